The van der Waals surface area contributed by atoms with Crippen molar-refractivity contribution in [1.29, 1.82) is 0 Å². The normalized spacial score (nSPS) is 10.7. The van der Waals surface area contributed by atoms with Crippen molar-refractivity contribution < 1.29 is 9.72 Å². The van der Waals surface area contributed by atoms with E-state index in [1.807, 2.05) is 0 Å². The number of halogens is 1. The summed E-state index contributed by atoms with van der Waals surface area (Å²) in [6.45, 7) is -0.193. The van der Waals surface area contributed by atoms with Gasteiger partial charge in [-0.05, 0) is 30.3 Å². The fourth-order valence-electron chi connectivity index (χ4n) is 2.44. The SMILES string of the molecule is CN(C(=O)Cn1cnc2ccc(Br)cc2c1=O)c1ccc([N+](=O)[O-])cc1. The molecule has 0 fully saturated rings. The highest BCUT2D eigenvalue weighted by atomic mass is 79.9. The first kappa shape index (κ1) is 17.7. The second-order valence-electron chi connectivity index (χ2n) is 5.57. The standard InChI is InChI=1S/C17H13BrN4O4/c1-20(12-3-5-13(6-4-12)22(25)26)16(23)9-21-10-19-15-7-2-11(18)8-14(15)17(21)24/h2-8,10H,9H2,1H3. The summed E-state index contributed by atoms with van der Waals surface area (Å²) in [5, 5.41) is 11.1. The van der Waals surface area contributed by atoms with Gasteiger partial charge in [-0.3, -0.25) is 24.3 Å². The minimum atomic E-state index is -0.510. The lowest BCUT2D eigenvalue weighted by molar-refractivity contribution is -0.384. The van der Waals surface area contributed by atoms with Gasteiger partial charge < -0.3 is 4.90 Å². The molecule has 1 amide bonds. The quantitative estimate of drug-likeness (QED) is 0.480. The Morgan fingerprint density at radius 3 is 2.62 bits per heavy atom. The molecule has 0 radical (unpaired) electrons. The van der Waals surface area contributed by atoms with Crippen LogP contribution in [-0.4, -0.2) is 27.4 Å². The fraction of sp³-hybridized carbons (Fsp3) is 0.118. The molecule has 0 bridgehead atoms. The molecular weight excluding hydrogens is 404 g/mol. The van der Waals surface area contributed by atoms with E-state index >= 15 is 0 Å². The summed E-state index contributed by atoms with van der Waals surface area (Å²) < 4.78 is 1.98. The summed E-state index contributed by atoms with van der Waals surface area (Å²) in [6, 6.07) is 10.8. The van der Waals surface area contributed by atoms with E-state index in [1.165, 1.54) is 40.1 Å². The largest absolute Gasteiger partial charge is 0.314 e. The predicted molar refractivity (Wildman–Crippen MR) is 100 cm³/mol. The molecule has 132 valence electrons. The summed E-state index contributed by atoms with van der Waals surface area (Å²) >= 11 is 3.31. The molecule has 0 spiro atoms. The van der Waals surface area contributed by atoms with Crippen molar-refractivity contribution in [2.45, 2.75) is 6.54 Å². The van der Waals surface area contributed by atoms with Gasteiger partial charge in [-0.1, -0.05) is 15.9 Å². The lowest BCUT2D eigenvalue weighted by Crippen LogP contribution is -2.34. The highest BCUT2D eigenvalue weighted by molar-refractivity contribution is 9.10. The van der Waals surface area contributed by atoms with Crippen molar-refractivity contribution in [2.24, 2.45) is 0 Å². The van der Waals surface area contributed by atoms with E-state index in [4.69, 9.17) is 0 Å². The van der Waals surface area contributed by atoms with E-state index in [0.717, 1.165) is 4.47 Å². The van der Waals surface area contributed by atoms with Crippen molar-refractivity contribution in [3.8, 4) is 0 Å². The van der Waals surface area contributed by atoms with E-state index in [2.05, 4.69) is 20.9 Å². The number of hydrogen-bond acceptors (Lipinski definition) is 5. The molecule has 0 saturated carbocycles. The number of rotatable bonds is 4. The first-order valence-corrected chi connectivity index (χ1v) is 8.32. The third kappa shape index (κ3) is 3.47. The van der Waals surface area contributed by atoms with E-state index in [0.29, 0.717) is 16.6 Å². The van der Waals surface area contributed by atoms with Gasteiger partial charge in [0.25, 0.3) is 11.2 Å². The minimum Gasteiger partial charge on any atom is -0.314 e. The highest BCUT2D eigenvalue weighted by Gasteiger charge is 2.15. The van der Waals surface area contributed by atoms with Crippen LogP contribution in [0.5, 0.6) is 0 Å². The van der Waals surface area contributed by atoms with Crippen molar-refractivity contribution in [2.75, 3.05) is 11.9 Å². The molecule has 0 aliphatic rings. The summed E-state index contributed by atoms with van der Waals surface area (Å²) in [6.07, 6.45) is 1.33. The number of carbonyl (C=O) groups excluding carboxylic acids is 1. The van der Waals surface area contributed by atoms with Crippen LogP contribution in [0.2, 0.25) is 0 Å². The molecule has 0 aliphatic heterocycles. The number of non-ortho nitro benzene ring substituents is 1. The minimum absolute atomic E-state index is 0.0601. The number of nitro benzene ring substituents is 1. The molecule has 0 saturated heterocycles. The molecule has 26 heavy (non-hydrogen) atoms. The van der Waals surface area contributed by atoms with Crippen molar-refractivity contribution in [1.82, 2.24) is 9.55 Å². The van der Waals surface area contributed by atoms with Gasteiger partial charge in [0.05, 0.1) is 22.2 Å². The Labute approximate surface area is 156 Å². The molecule has 3 aromatic rings. The summed E-state index contributed by atoms with van der Waals surface area (Å²) in [7, 11) is 1.54. The zero-order chi connectivity index (χ0) is 18.8. The molecule has 2 aromatic carbocycles. The molecule has 9 heteroatoms. The highest BCUT2D eigenvalue weighted by Crippen LogP contribution is 2.19. The number of fused-ring (bicyclic) bond motifs is 1. The molecule has 8 nitrogen and oxygen atoms in total. The number of likely N-dealkylation sites (N-methyl/N-ethyl adjacent to an activating group) is 1. The van der Waals surface area contributed by atoms with Crippen LogP contribution in [0.15, 0.2) is 58.1 Å². The molecule has 0 aliphatic carbocycles. The molecule has 0 unspecified atom stereocenters. The molecule has 1 heterocycles. The van der Waals surface area contributed by atoms with Crippen LogP contribution in [0.25, 0.3) is 10.9 Å². The molecule has 0 atom stereocenters. The van der Waals surface area contributed by atoms with Crippen LogP contribution in [0, 0.1) is 10.1 Å². The molecule has 3 rings (SSSR count). The molecule has 0 N–H and O–H groups in total. The zero-order valence-corrected chi connectivity index (χ0v) is 15.2. The average molecular weight is 417 g/mol. The number of aromatic nitrogens is 2. The molecule has 1 aromatic heterocycles. The maximum absolute atomic E-state index is 12.6. The third-order valence-corrected chi connectivity index (χ3v) is 4.41. The van der Waals surface area contributed by atoms with Gasteiger partial charge >= 0.3 is 0 Å². The second-order valence-corrected chi connectivity index (χ2v) is 6.48. The van der Waals surface area contributed by atoms with Gasteiger partial charge in [0.2, 0.25) is 5.91 Å². The average Bonchev–Trinajstić information content (AvgIpc) is 2.63. The maximum Gasteiger partial charge on any atom is 0.269 e. The summed E-state index contributed by atoms with van der Waals surface area (Å²) in [5.74, 6) is -0.350. The van der Waals surface area contributed by atoms with E-state index in [9.17, 15) is 19.7 Å². The molecular formula is C17H13BrN4O4. The van der Waals surface area contributed by atoms with Crippen molar-refractivity contribution >= 4 is 44.1 Å². The van der Waals surface area contributed by atoms with Gasteiger partial charge in [-0.15, -0.1) is 0 Å². The van der Waals surface area contributed by atoms with Gasteiger partial charge in [-0.25, -0.2) is 4.98 Å². The number of nitrogens with zero attached hydrogens (tertiary/aromatic N) is 4. The monoisotopic (exact) mass is 416 g/mol. The predicted octanol–water partition coefficient (Wildman–Crippen LogP) is 2.73. The lowest BCUT2D eigenvalue weighted by atomic mass is 10.2. The van der Waals surface area contributed by atoms with Crippen LogP contribution in [0.1, 0.15) is 0 Å². The van der Waals surface area contributed by atoms with Gasteiger partial charge in [0.1, 0.15) is 6.54 Å². The summed E-state index contributed by atoms with van der Waals surface area (Å²) in [5.41, 5.74) is 0.660. The van der Waals surface area contributed by atoms with Gasteiger partial charge in [-0.2, -0.15) is 0 Å². The van der Waals surface area contributed by atoms with Crippen LogP contribution >= 0.6 is 15.9 Å². The third-order valence-electron chi connectivity index (χ3n) is 3.91. The lowest BCUT2D eigenvalue weighted by Gasteiger charge is -2.17. The van der Waals surface area contributed by atoms with Crippen LogP contribution in [0.4, 0.5) is 11.4 Å². The van der Waals surface area contributed by atoms with Crippen LogP contribution in [0.3, 0.4) is 0 Å². The maximum atomic E-state index is 12.6. The van der Waals surface area contributed by atoms with E-state index in [1.54, 1.807) is 25.2 Å². The van der Waals surface area contributed by atoms with E-state index in [-0.39, 0.29) is 23.7 Å². The number of nitro groups is 1. The van der Waals surface area contributed by atoms with Gasteiger partial charge in [0, 0.05) is 29.3 Å². The second kappa shape index (κ2) is 7.04. The topological polar surface area (TPSA) is 98.3 Å². The number of hydrogen-bond donors (Lipinski definition) is 0. The first-order valence-electron chi connectivity index (χ1n) is 7.52. The number of anilines is 1. The van der Waals surface area contributed by atoms with Crippen molar-refractivity contribution in [3.05, 3.63) is 73.7 Å². The number of benzene rings is 2. The van der Waals surface area contributed by atoms with Crippen LogP contribution < -0.4 is 10.5 Å². The Bertz CT molecular complexity index is 1060. The van der Waals surface area contributed by atoms with Crippen molar-refractivity contribution in [3.63, 3.8) is 0 Å². The van der Waals surface area contributed by atoms with Crippen LogP contribution in [-0.2, 0) is 11.3 Å². The first-order chi connectivity index (χ1) is 12.4. The Kier molecular flexibility index (Phi) is 4.81. The Morgan fingerprint density at radius 1 is 1.27 bits per heavy atom. The number of carbonyl (C=O) groups is 1. The Morgan fingerprint density at radius 2 is 1.96 bits per heavy atom. The smallest absolute Gasteiger partial charge is 0.269 e. The fourth-order valence-corrected chi connectivity index (χ4v) is 2.80. The van der Waals surface area contributed by atoms with Gasteiger partial charge in [0.15, 0.2) is 0 Å². The zero-order valence-electron chi connectivity index (χ0n) is 13.6. The Balaban J connectivity index is 1.85. The Hall–Kier alpha value is -3.07. The summed E-state index contributed by atoms with van der Waals surface area (Å²) in [4.78, 5) is 40.8. The number of amides is 1. The van der Waals surface area contributed by atoms with E-state index < -0.39 is 4.92 Å².